The van der Waals surface area contributed by atoms with Crippen LogP contribution in [0.25, 0.3) is 0 Å². The van der Waals surface area contributed by atoms with Crippen molar-refractivity contribution in [1.82, 2.24) is 5.32 Å². The van der Waals surface area contributed by atoms with Gasteiger partial charge in [-0.25, -0.2) is 0 Å². The molecule has 0 radical (unpaired) electrons. The zero-order valence-corrected chi connectivity index (χ0v) is 16.1. The van der Waals surface area contributed by atoms with Crippen LogP contribution >= 0.6 is 0 Å². The lowest BCUT2D eigenvalue weighted by Crippen LogP contribution is -2.25. The van der Waals surface area contributed by atoms with Crippen molar-refractivity contribution in [3.05, 3.63) is 48.6 Å². The number of allylic oxidation sites excluding steroid dienone is 8. The number of hydrogen-bond donors (Lipinski definition) is 3. The van der Waals surface area contributed by atoms with E-state index in [2.05, 4.69) is 53.9 Å². The molecule has 3 N–H and O–H groups in total. The van der Waals surface area contributed by atoms with Crippen LogP contribution in [0.5, 0.6) is 0 Å². The number of amides is 1. The van der Waals surface area contributed by atoms with Gasteiger partial charge in [-0.2, -0.15) is 0 Å². The lowest BCUT2D eigenvalue weighted by molar-refractivity contribution is -0.121. The van der Waals surface area contributed by atoms with Crippen LogP contribution in [0.4, 0.5) is 0 Å². The van der Waals surface area contributed by atoms with Crippen molar-refractivity contribution in [2.45, 2.75) is 64.2 Å². The van der Waals surface area contributed by atoms with E-state index in [-0.39, 0.29) is 12.5 Å². The Labute approximate surface area is 159 Å². The highest BCUT2D eigenvalue weighted by molar-refractivity contribution is 5.75. The van der Waals surface area contributed by atoms with E-state index in [1.807, 2.05) is 0 Å². The Hall–Kier alpha value is -1.65. The summed E-state index contributed by atoms with van der Waals surface area (Å²) in [5, 5.41) is 19.9. The Bertz CT molecular complexity index is 425. The first-order valence-electron chi connectivity index (χ1n) is 9.89. The van der Waals surface area contributed by atoms with Crippen LogP contribution in [-0.2, 0) is 4.79 Å². The summed E-state index contributed by atoms with van der Waals surface area (Å²) in [6, 6.07) is 0. The number of carbonyl (C=O) groups is 1. The molecule has 0 fully saturated rings. The van der Waals surface area contributed by atoms with E-state index in [0.717, 1.165) is 57.8 Å². The van der Waals surface area contributed by atoms with Crippen molar-refractivity contribution in [1.29, 1.82) is 0 Å². The zero-order chi connectivity index (χ0) is 19.1. The Balaban J connectivity index is 3.44. The number of hydrogen-bond acceptors (Lipinski definition) is 3. The lowest BCUT2D eigenvalue weighted by Gasteiger charge is -2.00. The molecular weight excluding hydrogens is 326 g/mol. The molecule has 148 valence electrons. The number of aliphatic hydroxyl groups excluding tert-OH is 2. The van der Waals surface area contributed by atoms with Crippen molar-refractivity contribution in [2.75, 3.05) is 19.8 Å². The molecular formula is C22H37NO3. The summed E-state index contributed by atoms with van der Waals surface area (Å²) in [7, 11) is 0. The first-order chi connectivity index (χ1) is 12.8. The standard InChI is InChI=1S/C22H37NO3/c24-20-17-15-13-11-9-7-5-3-1-2-4-6-8-10-12-14-16-18-22(26)23-19-21-25/h1,3-4,6-7,9-10,12,24-25H,2,5,8,11,13-21H2,(H,23,26). The van der Waals surface area contributed by atoms with Gasteiger partial charge < -0.3 is 15.5 Å². The highest BCUT2D eigenvalue weighted by Gasteiger charge is 1.97. The van der Waals surface area contributed by atoms with Crippen LogP contribution in [0, 0.1) is 0 Å². The van der Waals surface area contributed by atoms with Crippen molar-refractivity contribution in [2.24, 2.45) is 0 Å². The minimum Gasteiger partial charge on any atom is -0.396 e. The maximum atomic E-state index is 11.3. The lowest BCUT2D eigenvalue weighted by atomic mass is 10.2. The molecule has 4 heteroatoms. The summed E-state index contributed by atoms with van der Waals surface area (Å²) in [5.74, 6) is 0.00988. The second kappa shape index (κ2) is 21.4. The van der Waals surface area contributed by atoms with Gasteiger partial charge in [-0.3, -0.25) is 4.79 Å². The van der Waals surface area contributed by atoms with Gasteiger partial charge in [0.15, 0.2) is 0 Å². The predicted molar refractivity (Wildman–Crippen MR) is 110 cm³/mol. The normalized spacial score (nSPS) is 12.2. The Morgan fingerprint density at radius 1 is 0.654 bits per heavy atom. The summed E-state index contributed by atoms with van der Waals surface area (Å²) < 4.78 is 0. The summed E-state index contributed by atoms with van der Waals surface area (Å²) in [4.78, 5) is 11.3. The molecule has 0 aromatic carbocycles. The van der Waals surface area contributed by atoms with E-state index in [1.165, 1.54) is 0 Å². The summed E-state index contributed by atoms with van der Waals surface area (Å²) in [5.41, 5.74) is 0. The van der Waals surface area contributed by atoms with E-state index in [4.69, 9.17) is 10.2 Å². The molecule has 0 unspecified atom stereocenters. The molecule has 1 amide bonds. The third-order valence-corrected chi connectivity index (χ3v) is 3.72. The fourth-order valence-electron chi connectivity index (χ4n) is 2.26. The number of unbranched alkanes of at least 4 members (excludes halogenated alkanes) is 4. The van der Waals surface area contributed by atoms with Gasteiger partial charge in [0.05, 0.1) is 6.61 Å². The summed E-state index contributed by atoms with van der Waals surface area (Å²) in [6.07, 6.45) is 26.8. The first kappa shape index (κ1) is 24.4. The van der Waals surface area contributed by atoms with E-state index < -0.39 is 0 Å². The largest absolute Gasteiger partial charge is 0.396 e. The Kier molecular flexibility index (Phi) is 20.0. The van der Waals surface area contributed by atoms with Gasteiger partial charge in [-0.05, 0) is 51.4 Å². The first-order valence-corrected chi connectivity index (χ1v) is 9.89. The van der Waals surface area contributed by atoms with E-state index in [0.29, 0.717) is 19.6 Å². The van der Waals surface area contributed by atoms with Crippen LogP contribution in [0.1, 0.15) is 64.2 Å². The number of aliphatic hydroxyl groups is 2. The second-order valence-electron chi connectivity index (χ2n) is 6.13. The van der Waals surface area contributed by atoms with E-state index in [1.54, 1.807) is 0 Å². The molecule has 0 atom stereocenters. The van der Waals surface area contributed by atoms with Gasteiger partial charge in [-0.15, -0.1) is 0 Å². The van der Waals surface area contributed by atoms with Gasteiger partial charge in [0.1, 0.15) is 0 Å². The van der Waals surface area contributed by atoms with E-state index in [9.17, 15) is 4.79 Å². The van der Waals surface area contributed by atoms with Gasteiger partial charge in [0, 0.05) is 19.6 Å². The average molecular weight is 364 g/mol. The second-order valence-corrected chi connectivity index (χ2v) is 6.13. The number of carbonyl (C=O) groups excluding carboxylic acids is 1. The van der Waals surface area contributed by atoms with Gasteiger partial charge in [0.25, 0.3) is 0 Å². The summed E-state index contributed by atoms with van der Waals surface area (Å²) >= 11 is 0. The highest BCUT2D eigenvalue weighted by Crippen LogP contribution is 2.01. The fraction of sp³-hybridized carbons (Fsp3) is 0.591. The average Bonchev–Trinajstić information content (AvgIpc) is 2.65. The molecule has 0 aliphatic rings. The van der Waals surface area contributed by atoms with Crippen LogP contribution < -0.4 is 5.32 Å². The smallest absolute Gasteiger partial charge is 0.220 e. The minimum absolute atomic E-state index is 0.00398. The van der Waals surface area contributed by atoms with Crippen molar-refractivity contribution >= 4 is 5.91 Å². The Morgan fingerprint density at radius 3 is 1.73 bits per heavy atom. The molecule has 4 nitrogen and oxygen atoms in total. The number of nitrogens with one attached hydrogen (secondary N) is 1. The monoisotopic (exact) mass is 363 g/mol. The van der Waals surface area contributed by atoms with Gasteiger partial charge in [-0.1, -0.05) is 55.0 Å². The number of rotatable bonds is 17. The molecule has 0 saturated carbocycles. The van der Waals surface area contributed by atoms with Crippen LogP contribution in [0.2, 0.25) is 0 Å². The third kappa shape index (κ3) is 20.4. The maximum absolute atomic E-state index is 11.3. The van der Waals surface area contributed by atoms with Crippen molar-refractivity contribution < 1.29 is 15.0 Å². The molecule has 0 heterocycles. The summed E-state index contributed by atoms with van der Waals surface area (Å²) in [6.45, 7) is 0.645. The molecule has 0 saturated heterocycles. The molecule has 0 aromatic rings. The van der Waals surface area contributed by atoms with Crippen LogP contribution in [0.3, 0.4) is 0 Å². The SMILES string of the molecule is O=C(CCCC=CCC=CCC=CCC=CCCCCCO)NCCO. The molecule has 0 aliphatic heterocycles. The molecule has 0 aliphatic carbocycles. The van der Waals surface area contributed by atoms with Crippen LogP contribution in [-0.4, -0.2) is 35.9 Å². The van der Waals surface area contributed by atoms with Crippen LogP contribution in [0.15, 0.2) is 48.6 Å². The van der Waals surface area contributed by atoms with Crippen molar-refractivity contribution in [3.8, 4) is 0 Å². The quantitative estimate of drug-likeness (QED) is 0.268. The van der Waals surface area contributed by atoms with Crippen molar-refractivity contribution in [3.63, 3.8) is 0 Å². The minimum atomic E-state index is -0.00398. The fourth-order valence-corrected chi connectivity index (χ4v) is 2.26. The predicted octanol–water partition coefficient (Wildman–Crippen LogP) is 4.21. The Morgan fingerprint density at radius 2 is 1.19 bits per heavy atom. The zero-order valence-electron chi connectivity index (χ0n) is 16.1. The van der Waals surface area contributed by atoms with Gasteiger partial charge >= 0.3 is 0 Å². The molecule has 26 heavy (non-hydrogen) atoms. The third-order valence-electron chi connectivity index (χ3n) is 3.72. The molecule has 0 rings (SSSR count). The van der Waals surface area contributed by atoms with Gasteiger partial charge in [0.2, 0.25) is 5.91 Å². The molecule has 0 aromatic heterocycles. The topological polar surface area (TPSA) is 69.6 Å². The maximum Gasteiger partial charge on any atom is 0.220 e. The molecule has 0 spiro atoms. The highest BCUT2D eigenvalue weighted by atomic mass is 16.3. The van der Waals surface area contributed by atoms with E-state index >= 15 is 0 Å². The molecule has 0 bridgehead atoms.